The summed E-state index contributed by atoms with van der Waals surface area (Å²) in [4.78, 5) is 57.6. The van der Waals surface area contributed by atoms with Gasteiger partial charge >= 0.3 is 29.8 Å². The van der Waals surface area contributed by atoms with Crippen LogP contribution in [0.25, 0.3) is 0 Å². The molecule has 0 aromatic rings. The quantitative estimate of drug-likeness (QED) is 0.409. The maximum Gasteiger partial charge on any atom is 0.303 e. The lowest BCUT2D eigenvalue weighted by atomic mass is 9.92. The summed E-state index contributed by atoms with van der Waals surface area (Å²) in [6, 6.07) is 0. The maximum atomic E-state index is 11.7. The van der Waals surface area contributed by atoms with Crippen molar-refractivity contribution in [3.8, 4) is 0 Å². The van der Waals surface area contributed by atoms with E-state index in [1.807, 2.05) is 0 Å². The summed E-state index contributed by atoms with van der Waals surface area (Å²) in [5, 5.41) is 0. The van der Waals surface area contributed by atoms with Crippen molar-refractivity contribution in [2.45, 2.75) is 78.2 Å². The van der Waals surface area contributed by atoms with Gasteiger partial charge in [-0.05, 0) is 6.92 Å². The Labute approximate surface area is 167 Å². The molecule has 1 aliphatic heterocycles. The zero-order valence-electron chi connectivity index (χ0n) is 17.2. The fraction of sp³-hybridized carbons (Fsp3) is 0.722. The van der Waals surface area contributed by atoms with Crippen LogP contribution in [0.5, 0.6) is 0 Å². The van der Waals surface area contributed by atoms with Crippen molar-refractivity contribution in [1.29, 1.82) is 0 Å². The van der Waals surface area contributed by atoms with E-state index in [2.05, 4.69) is 0 Å². The van der Waals surface area contributed by atoms with Crippen molar-refractivity contribution in [3.05, 3.63) is 0 Å². The summed E-state index contributed by atoms with van der Waals surface area (Å²) in [7, 11) is 0. The lowest BCUT2D eigenvalue weighted by Gasteiger charge is -2.45. The molecule has 1 saturated heterocycles. The summed E-state index contributed by atoms with van der Waals surface area (Å²) in [5.41, 5.74) is 0. The second kappa shape index (κ2) is 10.7. The van der Waals surface area contributed by atoms with Crippen molar-refractivity contribution in [1.82, 2.24) is 0 Å². The smallest absolute Gasteiger partial charge is 0.303 e. The van der Waals surface area contributed by atoms with Gasteiger partial charge in [0.05, 0.1) is 6.10 Å². The van der Waals surface area contributed by atoms with E-state index < -0.39 is 73.1 Å². The Balaban J connectivity index is 3.34. The first kappa shape index (κ1) is 24.3. The molecule has 0 spiro atoms. The van der Waals surface area contributed by atoms with Gasteiger partial charge in [0.1, 0.15) is 12.7 Å². The molecule has 5 unspecified atom stereocenters. The first-order valence-electron chi connectivity index (χ1n) is 8.90. The van der Waals surface area contributed by atoms with E-state index in [0.717, 1.165) is 34.6 Å². The molecule has 0 aromatic carbocycles. The molecule has 0 aromatic heterocycles. The average molecular weight is 418 g/mol. The highest BCUT2D eigenvalue weighted by Gasteiger charge is 2.53. The molecule has 0 bridgehead atoms. The van der Waals surface area contributed by atoms with Gasteiger partial charge in [0.15, 0.2) is 24.4 Å². The van der Waals surface area contributed by atoms with E-state index in [1.54, 1.807) is 0 Å². The maximum absolute atomic E-state index is 11.7. The van der Waals surface area contributed by atoms with Crippen molar-refractivity contribution in [3.63, 3.8) is 0 Å². The van der Waals surface area contributed by atoms with Gasteiger partial charge in [-0.3, -0.25) is 24.0 Å². The van der Waals surface area contributed by atoms with E-state index in [9.17, 15) is 24.0 Å². The van der Waals surface area contributed by atoms with Crippen LogP contribution in [-0.2, 0) is 52.4 Å². The molecule has 0 N–H and O–H groups in total. The van der Waals surface area contributed by atoms with Crippen molar-refractivity contribution < 1.29 is 52.4 Å². The monoisotopic (exact) mass is 418 g/mol. The van der Waals surface area contributed by atoms with Crippen LogP contribution in [-0.4, -0.2) is 73.1 Å². The Morgan fingerprint density at radius 3 is 1.66 bits per heavy atom. The number of ether oxygens (including phenoxy) is 6. The molecule has 11 heteroatoms. The Morgan fingerprint density at radius 1 is 0.724 bits per heavy atom. The number of rotatable bonds is 7. The molecular formula is C18H26O11. The largest absolute Gasteiger partial charge is 0.462 e. The number of hydrogen-bond donors (Lipinski definition) is 0. The van der Waals surface area contributed by atoms with Crippen LogP contribution in [0.4, 0.5) is 0 Å². The topological polar surface area (TPSA) is 141 Å². The molecule has 29 heavy (non-hydrogen) atoms. The van der Waals surface area contributed by atoms with Gasteiger partial charge in [0, 0.05) is 34.6 Å². The highest BCUT2D eigenvalue weighted by Crippen LogP contribution is 2.31. The molecule has 1 fully saturated rings. The zero-order chi connectivity index (χ0) is 22.3. The Hall–Kier alpha value is -2.69. The van der Waals surface area contributed by atoms with Crippen LogP contribution in [0.3, 0.4) is 0 Å². The van der Waals surface area contributed by atoms with E-state index in [0.29, 0.717) is 0 Å². The van der Waals surface area contributed by atoms with Gasteiger partial charge in [-0.2, -0.15) is 0 Å². The molecule has 1 aliphatic rings. The minimum atomic E-state index is -1.31. The standard InChI is InChI=1S/C18H26O11/c1-8-15(27-11(4)21)17(28-12(5)22)18(29-13(6)23)16(25-8)14(26-10(3)20)7-24-9(2)19/h8,14-18H,7H2,1-6H3/t8?,14-,15?,16?,17?,18?/m1/s1. The average Bonchev–Trinajstić information content (AvgIpc) is 2.55. The molecule has 0 radical (unpaired) electrons. The summed E-state index contributed by atoms with van der Waals surface area (Å²) in [5.74, 6) is -3.47. The number of carbonyl (C=O) groups is 5. The van der Waals surface area contributed by atoms with Crippen LogP contribution in [0.2, 0.25) is 0 Å². The highest BCUT2D eigenvalue weighted by molar-refractivity contribution is 5.69. The van der Waals surface area contributed by atoms with Gasteiger partial charge < -0.3 is 28.4 Å². The molecular weight excluding hydrogens is 392 g/mol. The summed E-state index contributed by atoms with van der Waals surface area (Å²) < 4.78 is 31.7. The van der Waals surface area contributed by atoms with Gasteiger partial charge in [-0.25, -0.2) is 0 Å². The second-order valence-electron chi connectivity index (χ2n) is 6.48. The zero-order valence-corrected chi connectivity index (χ0v) is 17.2. The van der Waals surface area contributed by atoms with Crippen molar-refractivity contribution in [2.75, 3.05) is 6.61 Å². The Kier molecular flexibility index (Phi) is 9.02. The normalized spacial score (nSPS) is 27.2. The van der Waals surface area contributed by atoms with Gasteiger partial charge in [0.25, 0.3) is 0 Å². The summed E-state index contributed by atoms with van der Waals surface area (Å²) >= 11 is 0. The van der Waals surface area contributed by atoms with Gasteiger partial charge in [-0.1, -0.05) is 0 Å². The third-order valence-electron chi connectivity index (χ3n) is 3.85. The van der Waals surface area contributed by atoms with Gasteiger partial charge in [0.2, 0.25) is 0 Å². The van der Waals surface area contributed by atoms with Crippen molar-refractivity contribution >= 4 is 29.8 Å². The molecule has 0 saturated carbocycles. The molecule has 0 amide bonds. The second-order valence-corrected chi connectivity index (χ2v) is 6.48. The minimum Gasteiger partial charge on any atom is -0.462 e. The highest BCUT2D eigenvalue weighted by atomic mass is 16.7. The lowest BCUT2D eigenvalue weighted by Crippen LogP contribution is -2.64. The molecule has 1 heterocycles. The van der Waals surface area contributed by atoms with E-state index in [4.69, 9.17) is 28.4 Å². The molecule has 6 atom stereocenters. The minimum absolute atomic E-state index is 0.394. The first-order chi connectivity index (χ1) is 13.4. The Bertz CT molecular complexity index is 644. The molecule has 164 valence electrons. The summed E-state index contributed by atoms with van der Waals surface area (Å²) in [6.45, 7) is 6.86. The molecule has 11 nitrogen and oxygen atoms in total. The van der Waals surface area contributed by atoms with E-state index in [-0.39, 0.29) is 0 Å². The number of hydrogen-bond acceptors (Lipinski definition) is 11. The van der Waals surface area contributed by atoms with Crippen LogP contribution < -0.4 is 0 Å². The van der Waals surface area contributed by atoms with Crippen LogP contribution in [0, 0.1) is 0 Å². The lowest BCUT2D eigenvalue weighted by molar-refractivity contribution is -0.262. The van der Waals surface area contributed by atoms with Gasteiger partial charge in [-0.15, -0.1) is 0 Å². The van der Waals surface area contributed by atoms with E-state index >= 15 is 0 Å². The molecule has 1 rings (SSSR count). The third kappa shape index (κ3) is 7.68. The third-order valence-corrected chi connectivity index (χ3v) is 3.85. The summed E-state index contributed by atoms with van der Waals surface area (Å²) in [6.07, 6.45) is -6.84. The fourth-order valence-electron chi connectivity index (χ4n) is 2.96. The molecule has 0 aliphatic carbocycles. The fourth-order valence-corrected chi connectivity index (χ4v) is 2.96. The SMILES string of the molecule is CC(=O)OC[C@@H](OC(C)=O)C1OC(C)C(OC(C)=O)C(OC(C)=O)C1OC(C)=O. The van der Waals surface area contributed by atoms with Crippen LogP contribution >= 0.6 is 0 Å². The first-order valence-corrected chi connectivity index (χ1v) is 8.90. The van der Waals surface area contributed by atoms with Crippen LogP contribution in [0.15, 0.2) is 0 Å². The number of carbonyl (C=O) groups excluding carboxylic acids is 5. The van der Waals surface area contributed by atoms with E-state index in [1.165, 1.54) is 6.92 Å². The Morgan fingerprint density at radius 2 is 1.21 bits per heavy atom. The number of esters is 5. The predicted molar refractivity (Wildman–Crippen MR) is 93.2 cm³/mol. The van der Waals surface area contributed by atoms with Crippen molar-refractivity contribution in [2.24, 2.45) is 0 Å². The van der Waals surface area contributed by atoms with Crippen LogP contribution in [0.1, 0.15) is 41.5 Å². The predicted octanol–water partition coefficient (Wildman–Crippen LogP) is 0.0636.